The first-order valence-electron chi connectivity index (χ1n) is 5.16. The fraction of sp³-hybridized carbons (Fsp3) is 0. The number of amides is 1. The number of pyridine rings is 1. The van der Waals surface area contributed by atoms with E-state index in [1.807, 2.05) is 18.2 Å². The lowest BCUT2D eigenvalue weighted by atomic mass is 10.2. The Morgan fingerprint density at radius 2 is 2.28 bits per heavy atom. The number of carbonyl (C=O) groups excluding carboxylic acids is 1. The van der Waals surface area contributed by atoms with Gasteiger partial charge in [-0.15, -0.1) is 0 Å². The Bertz CT molecular complexity index is 769. The molecule has 3 rings (SSSR count). The predicted octanol–water partition coefficient (Wildman–Crippen LogP) is 3.70. The third kappa shape index (κ3) is 1.67. The average molecular weight is 325 g/mol. The van der Waals surface area contributed by atoms with Gasteiger partial charge in [0, 0.05) is 20.8 Å². The number of aromatic nitrogens is 2. The number of aromatic amines is 1. The summed E-state index contributed by atoms with van der Waals surface area (Å²) in [4.78, 5) is 17.9. The van der Waals surface area contributed by atoms with Crippen LogP contribution in [0, 0.1) is 0 Å². The maximum atomic E-state index is 10.6. The summed E-state index contributed by atoms with van der Waals surface area (Å²) in [6.07, 6.45) is 2.15. The highest BCUT2D eigenvalue weighted by Crippen LogP contribution is 2.34. The molecule has 18 heavy (non-hydrogen) atoms. The van der Waals surface area contributed by atoms with E-state index in [4.69, 9.17) is 11.6 Å². The second kappa shape index (κ2) is 4.26. The van der Waals surface area contributed by atoms with Gasteiger partial charge in [0.05, 0.1) is 17.4 Å². The van der Waals surface area contributed by atoms with Crippen molar-refractivity contribution in [3.05, 3.63) is 34.0 Å². The highest BCUT2D eigenvalue weighted by Gasteiger charge is 2.12. The lowest BCUT2D eigenvalue weighted by Crippen LogP contribution is -1.95. The van der Waals surface area contributed by atoms with E-state index in [1.54, 1.807) is 0 Å². The van der Waals surface area contributed by atoms with E-state index in [1.165, 1.54) is 6.20 Å². The van der Waals surface area contributed by atoms with Crippen molar-refractivity contribution in [3.8, 4) is 0 Å². The zero-order valence-electron chi connectivity index (χ0n) is 9.00. The van der Waals surface area contributed by atoms with Gasteiger partial charge in [-0.3, -0.25) is 4.79 Å². The minimum absolute atomic E-state index is 0.412. The number of fused-ring (bicyclic) bond motifs is 3. The summed E-state index contributed by atoms with van der Waals surface area (Å²) < 4.78 is 0.968. The fourth-order valence-electron chi connectivity index (χ4n) is 2.01. The normalized spacial score (nSPS) is 11.0. The maximum Gasteiger partial charge on any atom is 0.211 e. The van der Waals surface area contributed by atoms with E-state index < -0.39 is 0 Å². The minimum Gasteiger partial charge on any atom is -0.353 e. The van der Waals surface area contributed by atoms with Gasteiger partial charge in [-0.2, -0.15) is 0 Å². The molecule has 0 fully saturated rings. The molecule has 2 aromatic heterocycles. The van der Waals surface area contributed by atoms with Crippen LogP contribution in [0.4, 0.5) is 5.69 Å². The Balaban J connectivity index is 2.47. The highest BCUT2D eigenvalue weighted by atomic mass is 79.9. The molecule has 0 aliphatic heterocycles. The number of benzene rings is 1. The van der Waals surface area contributed by atoms with E-state index in [9.17, 15) is 4.79 Å². The Hall–Kier alpha value is -1.59. The molecule has 0 bridgehead atoms. The van der Waals surface area contributed by atoms with Crippen LogP contribution < -0.4 is 5.32 Å². The maximum absolute atomic E-state index is 10.6. The van der Waals surface area contributed by atoms with Crippen LogP contribution in [-0.4, -0.2) is 16.4 Å². The summed E-state index contributed by atoms with van der Waals surface area (Å²) >= 11 is 9.55. The van der Waals surface area contributed by atoms with Crippen molar-refractivity contribution in [2.75, 3.05) is 5.32 Å². The molecule has 0 spiro atoms. The second-order valence-electron chi connectivity index (χ2n) is 3.79. The molecule has 1 amide bonds. The van der Waals surface area contributed by atoms with Gasteiger partial charge in [-0.05, 0) is 12.1 Å². The van der Waals surface area contributed by atoms with Crippen LogP contribution in [0.2, 0.25) is 5.15 Å². The Labute approximate surface area is 115 Å². The van der Waals surface area contributed by atoms with Crippen LogP contribution in [0.1, 0.15) is 0 Å². The number of carbonyl (C=O) groups is 1. The molecule has 0 atom stereocenters. The third-order valence-electron chi connectivity index (χ3n) is 2.76. The van der Waals surface area contributed by atoms with Gasteiger partial charge < -0.3 is 10.3 Å². The lowest BCUT2D eigenvalue weighted by Gasteiger charge is -2.01. The second-order valence-corrected chi connectivity index (χ2v) is 5.06. The fourth-order valence-corrected chi connectivity index (χ4v) is 2.62. The number of hydrogen-bond acceptors (Lipinski definition) is 2. The van der Waals surface area contributed by atoms with Crippen molar-refractivity contribution in [2.45, 2.75) is 0 Å². The van der Waals surface area contributed by atoms with Crippen molar-refractivity contribution in [1.29, 1.82) is 0 Å². The molecule has 2 heterocycles. The molecule has 2 N–H and O–H groups in total. The quantitative estimate of drug-likeness (QED) is 0.558. The minimum atomic E-state index is 0.412. The number of halogens is 2. The molecular weight excluding hydrogens is 318 g/mol. The number of nitrogens with one attached hydrogen (secondary N) is 2. The van der Waals surface area contributed by atoms with Gasteiger partial charge >= 0.3 is 0 Å². The first-order valence-corrected chi connectivity index (χ1v) is 6.33. The van der Waals surface area contributed by atoms with Crippen molar-refractivity contribution >= 4 is 61.4 Å². The number of anilines is 1. The van der Waals surface area contributed by atoms with Gasteiger partial charge in [0.25, 0.3) is 0 Å². The van der Waals surface area contributed by atoms with Gasteiger partial charge in [0.1, 0.15) is 5.15 Å². The molecule has 90 valence electrons. The summed E-state index contributed by atoms with van der Waals surface area (Å²) in [6, 6.07) is 5.85. The number of H-pyrrole nitrogens is 1. The van der Waals surface area contributed by atoms with E-state index in [0.29, 0.717) is 17.3 Å². The van der Waals surface area contributed by atoms with Crippen molar-refractivity contribution in [1.82, 2.24) is 9.97 Å². The first kappa shape index (κ1) is 11.5. The van der Waals surface area contributed by atoms with Crippen molar-refractivity contribution in [3.63, 3.8) is 0 Å². The van der Waals surface area contributed by atoms with Crippen LogP contribution in [0.5, 0.6) is 0 Å². The Kier molecular flexibility index (Phi) is 2.72. The molecule has 3 aromatic rings. The number of hydrogen-bond donors (Lipinski definition) is 2. The largest absolute Gasteiger partial charge is 0.353 e. The molecule has 4 nitrogen and oxygen atoms in total. The molecule has 0 unspecified atom stereocenters. The van der Waals surface area contributed by atoms with Crippen LogP contribution in [0.25, 0.3) is 21.8 Å². The summed E-state index contributed by atoms with van der Waals surface area (Å²) in [5, 5.41) is 4.80. The zero-order chi connectivity index (χ0) is 12.7. The average Bonchev–Trinajstić information content (AvgIpc) is 2.72. The zero-order valence-corrected chi connectivity index (χ0v) is 11.3. The molecular formula is C12H7BrClN3O. The molecule has 1 aromatic carbocycles. The molecule has 0 saturated heterocycles. The van der Waals surface area contributed by atoms with E-state index in [-0.39, 0.29) is 0 Å². The molecule has 0 aliphatic rings. The Morgan fingerprint density at radius 3 is 3.06 bits per heavy atom. The number of nitrogens with zero attached hydrogens (tertiary/aromatic N) is 1. The van der Waals surface area contributed by atoms with Gasteiger partial charge in [-0.25, -0.2) is 4.98 Å². The molecule has 0 saturated carbocycles. The van der Waals surface area contributed by atoms with Crippen molar-refractivity contribution in [2.24, 2.45) is 0 Å². The number of rotatable bonds is 2. The molecule has 0 aliphatic carbocycles. The first-order chi connectivity index (χ1) is 8.70. The Morgan fingerprint density at radius 1 is 1.44 bits per heavy atom. The monoisotopic (exact) mass is 323 g/mol. The highest BCUT2D eigenvalue weighted by molar-refractivity contribution is 9.10. The van der Waals surface area contributed by atoms with Gasteiger partial charge in [0.15, 0.2) is 0 Å². The van der Waals surface area contributed by atoms with Crippen LogP contribution in [-0.2, 0) is 4.79 Å². The van der Waals surface area contributed by atoms with Crippen LogP contribution in [0.3, 0.4) is 0 Å². The van der Waals surface area contributed by atoms with E-state index >= 15 is 0 Å². The third-order valence-corrected chi connectivity index (χ3v) is 3.54. The summed E-state index contributed by atoms with van der Waals surface area (Å²) in [6.45, 7) is 0. The van der Waals surface area contributed by atoms with Crippen LogP contribution >= 0.6 is 27.5 Å². The predicted molar refractivity (Wildman–Crippen MR) is 76.0 cm³/mol. The van der Waals surface area contributed by atoms with Crippen LogP contribution in [0.15, 0.2) is 28.9 Å². The SMILES string of the molecule is O=CNc1cnc(Cl)c2c1[nH]c1cc(Br)ccc12. The van der Waals surface area contributed by atoms with Gasteiger partial charge in [-0.1, -0.05) is 33.6 Å². The molecule has 0 radical (unpaired) electrons. The summed E-state index contributed by atoms with van der Waals surface area (Å²) in [5.41, 5.74) is 2.31. The smallest absolute Gasteiger partial charge is 0.211 e. The topological polar surface area (TPSA) is 57.8 Å². The van der Waals surface area contributed by atoms with Crippen molar-refractivity contribution < 1.29 is 4.79 Å². The van der Waals surface area contributed by atoms with E-state index in [0.717, 1.165) is 26.3 Å². The standard InChI is InChI=1S/C12H7BrClN3O/c13-6-1-2-7-8(3-6)17-11-9(16-5-18)4-15-12(14)10(7)11/h1-5,17H,(H,16,18). The summed E-state index contributed by atoms with van der Waals surface area (Å²) in [5.74, 6) is 0. The lowest BCUT2D eigenvalue weighted by molar-refractivity contribution is -0.105. The molecule has 6 heteroatoms. The summed E-state index contributed by atoms with van der Waals surface area (Å²) in [7, 11) is 0. The van der Waals surface area contributed by atoms with E-state index in [2.05, 4.69) is 31.2 Å². The van der Waals surface area contributed by atoms with Gasteiger partial charge in [0.2, 0.25) is 6.41 Å².